The van der Waals surface area contributed by atoms with Gasteiger partial charge in [-0.25, -0.2) is 9.67 Å². The minimum Gasteiger partial charge on any atom is -0.507 e. The van der Waals surface area contributed by atoms with Crippen LogP contribution < -0.4 is 4.74 Å². The first kappa shape index (κ1) is 15.9. The summed E-state index contributed by atoms with van der Waals surface area (Å²) in [6, 6.07) is 12.3. The number of carbonyl (C=O) groups is 1. The molecule has 0 aliphatic rings. The number of nitrogens with zero attached hydrogens (tertiary/aromatic N) is 4. The number of carbonyl (C=O) groups excluding carboxylic acids is 1. The molecule has 0 aliphatic heterocycles. The number of hydrogen-bond acceptors (Lipinski definition) is 5. The summed E-state index contributed by atoms with van der Waals surface area (Å²) in [4.78, 5) is 17.3. The van der Waals surface area contributed by atoms with Crippen molar-refractivity contribution in [3.63, 3.8) is 0 Å². The Kier molecular flexibility index (Phi) is 3.69. The number of rotatable bonds is 4. The van der Waals surface area contributed by atoms with E-state index < -0.39 is 0 Å². The predicted molar refractivity (Wildman–Crippen MR) is 95.9 cm³/mol. The average Bonchev–Trinajstić information content (AvgIpc) is 3.27. The highest BCUT2D eigenvalue weighted by molar-refractivity contribution is 6.10. The Morgan fingerprint density at radius 2 is 2.00 bits per heavy atom. The minimum atomic E-state index is -0.341. The van der Waals surface area contributed by atoms with Crippen molar-refractivity contribution < 1.29 is 14.6 Å². The van der Waals surface area contributed by atoms with Crippen LogP contribution in [0.15, 0.2) is 54.9 Å². The first-order valence-corrected chi connectivity index (χ1v) is 7.96. The van der Waals surface area contributed by atoms with Crippen molar-refractivity contribution >= 4 is 16.8 Å². The molecule has 26 heavy (non-hydrogen) atoms. The molecule has 7 heteroatoms. The van der Waals surface area contributed by atoms with Crippen LogP contribution in [0.5, 0.6) is 11.5 Å². The minimum absolute atomic E-state index is 0.105. The van der Waals surface area contributed by atoms with E-state index in [2.05, 4.69) is 10.1 Å². The van der Waals surface area contributed by atoms with E-state index in [9.17, 15) is 9.90 Å². The van der Waals surface area contributed by atoms with Gasteiger partial charge in [-0.05, 0) is 30.3 Å². The van der Waals surface area contributed by atoms with E-state index in [0.29, 0.717) is 17.3 Å². The normalized spacial score (nSPS) is 11.0. The molecular formula is C19H16N4O3. The predicted octanol–water partition coefficient (Wildman–Crippen LogP) is 2.70. The topological polar surface area (TPSA) is 82.2 Å². The summed E-state index contributed by atoms with van der Waals surface area (Å²) in [5, 5.41) is 14.3. The third kappa shape index (κ3) is 2.50. The number of hydrogen-bond donors (Lipinski definition) is 1. The molecule has 0 aliphatic carbocycles. The molecule has 2 aromatic carbocycles. The number of imidazole rings is 1. The maximum atomic E-state index is 12.7. The van der Waals surface area contributed by atoms with Gasteiger partial charge in [0.25, 0.3) is 0 Å². The zero-order valence-corrected chi connectivity index (χ0v) is 14.2. The number of benzene rings is 2. The molecule has 0 saturated heterocycles. The van der Waals surface area contributed by atoms with Crippen LogP contribution in [0, 0.1) is 0 Å². The summed E-state index contributed by atoms with van der Waals surface area (Å²) in [5.41, 5.74) is 2.32. The Balaban J connectivity index is 1.74. The smallest absolute Gasteiger partial charge is 0.231 e. The van der Waals surface area contributed by atoms with Gasteiger partial charge in [0.15, 0.2) is 5.78 Å². The van der Waals surface area contributed by atoms with Crippen molar-refractivity contribution in [2.24, 2.45) is 7.05 Å². The van der Waals surface area contributed by atoms with E-state index in [0.717, 1.165) is 11.0 Å². The number of fused-ring (bicyclic) bond motifs is 1. The molecule has 0 unspecified atom stereocenters. The first-order valence-electron chi connectivity index (χ1n) is 7.96. The molecule has 0 atom stereocenters. The number of phenols is 1. The van der Waals surface area contributed by atoms with Gasteiger partial charge in [0, 0.05) is 13.2 Å². The first-order chi connectivity index (χ1) is 12.6. The van der Waals surface area contributed by atoms with Crippen molar-refractivity contribution in [1.82, 2.24) is 19.3 Å². The van der Waals surface area contributed by atoms with E-state index in [1.165, 1.54) is 25.4 Å². The fraction of sp³-hybridized carbons (Fsp3) is 0.105. The second-order valence-electron chi connectivity index (χ2n) is 5.85. The summed E-state index contributed by atoms with van der Waals surface area (Å²) < 4.78 is 8.57. The molecule has 7 nitrogen and oxygen atoms in total. The largest absolute Gasteiger partial charge is 0.507 e. The third-order valence-electron chi connectivity index (χ3n) is 4.26. The molecule has 0 amide bonds. The van der Waals surface area contributed by atoms with Crippen LogP contribution in [0.3, 0.4) is 0 Å². The Hall–Kier alpha value is -3.61. The number of methoxy groups -OCH3 is 1. The second kappa shape index (κ2) is 6.03. The van der Waals surface area contributed by atoms with Crippen molar-refractivity contribution in [2.75, 3.05) is 7.11 Å². The molecule has 0 spiro atoms. The molecule has 4 rings (SSSR count). The zero-order valence-electron chi connectivity index (χ0n) is 14.2. The average molecular weight is 348 g/mol. The van der Waals surface area contributed by atoms with Gasteiger partial charge in [-0.2, -0.15) is 5.10 Å². The summed E-state index contributed by atoms with van der Waals surface area (Å²) in [7, 11) is 3.39. The Bertz CT molecular complexity index is 1130. The molecule has 1 N–H and O–H groups in total. The number of aryl methyl sites for hydroxylation is 1. The van der Waals surface area contributed by atoms with Gasteiger partial charge in [-0.3, -0.25) is 4.79 Å². The number of ether oxygens (including phenoxy) is 1. The lowest BCUT2D eigenvalue weighted by Crippen LogP contribution is -2.04. The van der Waals surface area contributed by atoms with Crippen LogP contribution in [0.2, 0.25) is 0 Å². The Morgan fingerprint density at radius 3 is 2.77 bits per heavy atom. The molecule has 130 valence electrons. The third-order valence-corrected chi connectivity index (χ3v) is 4.26. The van der Waals surface area contributed by atoms with Crippen LogP contribution >= 0.6 is 0 Å². The van der Waals surface area contributed by atoms with Gasteiger partial charge in [-0.15, -0.1) is 0 Å². The number of phenolic OH excluding ortho intramolecular Hbond substituents is 1. The number of para-hydroxylation sites is 2. The summed E-state index contributed by atoms with van der Waals surface area (Å²) in [6.07, 6.45) is 3.06. The fourth-order valence-electron chi connectivity index (χ4n) is 2.87. The molecule has 0 saturated carbocycles. The Labute approximate surface area is 149 Å². The summed E-state index contributed by atoms with van der Waals surface area (Å²) in [6.45, 7) is 0. The molecule has 0 bridgehead atoms. The van der Waals surface area contributed by atoms with Gasteiger partial charge in [-0.1, -0.05) is 12.1 Å². The van der Waals surface area contributed by atoms with Crippen molar-refractivity contribution in [3.8, 4) is 17.4 Å². The van der Waals surface area contributed by atoms with Crippen LogP contribution in [-0.2, 0) is 7.05 Å². The Morgan fingerprint density at radius 1 is 1.19 bits per heavy atom. The number of ketones is 1. The highest BCUT2D eigenvalue weighted by Crippen LogP contribution is 2.26. The maximum Gasteiger partial charge on any atom is 0.231 e. The summed E-state index contributed by atoms with van der Waals surface area (Å²) in [5.74, 6) is 0.645. The van der Waals surface area contributed by atoms with Crippen LogP contribution in [0.1, 0.15) is 15.9 Å². The zero-order chi connectivity index (χ0) is 18.3. The van der Waals surface area contributed by atoms with Crippen LogP contribution in [0.25, 0.3) is 17.0 Å². The van der Waals surface area contributed by atoms with E-state index in [-0.39, 0.29) is 17.1 Å². The number of aromatic nitrogens is 4. The van der Waals surface area contributed by atoms with Crippen molar-refractivity contribution in [3.05, 3.63) is 66.0 Å². The standard InChI is InChI=1S/C19H16N4O3/c1-22-16-6-4-3-5-15(16)21-19(22)23-11-12(10-20-23)18(25)14-9-13(26-2)7-8-17(14)24/h3-11,24H,1-2H3. The van der Waals surface area contributed by atoms with E-state index >= 15 is 0 Å². The lowest BCUT2D eigenvalue weighted by Gasteiger charge is -2.05. The van der Waals surface area contributed by atoms with Gasteiger partial charge < -0.3 is 14.4 Å². The number of aromatic hydroxyl groups is 1. The van der Waals surface area contributed by atoms with Gasteiger partial charge in [0.2, 0.25) is 5.95 Å². The van der Waals surface area contributed by atoms with E-state index in [1.807, 2.05) is 35.9 Å². The fourth-order valence-corrected chi connectivity index (χ4v) is 2.87. The molecule has 4 aromatic rings. The quantitative estimate of drug-likeness (QED) is 0.574. The second-order valence-corrected chi connectivity index (χ2v) is 5.85. The molecule has 2 heterocycles. The van der Waals surface area contributed by atoms with Crippen LogP contribution in [0.4, 0.5) is 0 Å². The van der Waals surface area contributed by atoms with Gasteiger partial charge >= 0.3 is 0 Å². The highest BCUT2D eigenvalue weighted by Gasteiger charge is 2.18. The van der Waals surface area contributed by atoms with Crippen molar-refractivity contribution in [1.29, 1.82) is 0 Å². The molecular weight excluding hydrogens is 332 g/mol. The van der Waals surface area contributed by atoms with Crippen molar-refractivity contribution in [2.45, 2.75) is 0 Å². The molecule has 2 aromatic heterocycles. The SMILES string of the molecule is COc1ccc(O)c(C(=O)c2cnn(-c3nc4ccccc4n3C)c2)c1. The van der Waals surface area contributed by atoms with Gasteiger partial charge in [0.1, 0.15) is 11.5 Å². The monoisotopic (exact) mass is 348 g/mol. The van der Waals surface area contributed by atoms with E-state index in [1.54, 1.807) is 16.9 Å². The van der Waals surface area contributed by atoms with Crippen LogP contribution in [-0.4, -0.2) is 37.3 Å². The molecule has 0 fully saturated rings. The van der Waals surface area contributed by atoms with Gasteiger partial charge in [0.05, 0.1) is 35.5 Å². The molecule has 0 radical (unpaired) electrons. The van der Waals surface area contributed by atoms with E-state index in [4.69, 9.17) is 4.74 Å². The highest BCUT2D eigenvalue weighted by atomic mass is 16.5. The summed E-state index contributed by atoms with van der Waals surface area (Å²) >= 11 is 0. The maximum absolute atomic E-state index is 12.7. The lowest BCUT2D eigenvalue weighted by atomic mass is 10.1. The lowest BCUT2D eigenvalue weighted by molar-refractivity contribution is 0.103.